The maximum atomic E-state index is 11.7. The predicted molar refractivity (Wildman–Crippen MR) is 74.2 cm³/mol. The average molecular weight is 280 g/mol. The number of aryl methyl sites for hydroxylation is 2. The van der Waals surface area contributed by atoms with E-state index in [1.54, 1.807) is 6.07 Å². The van der Waals surface area contributed by atoms with E-state index in [-0.39, 0.29) is 36.8 Å². The van der Waals surface area contributed by atoms with Gasteiger partial charge in [0.2, 0.25) is 0 Å². The molecule has 1 aromatic rings. The highest BCUT2D eigenvalue weighted by atomic mass is 35.5. The second kappa shape index (κ2) is 8.28. The lowest BCUT2D eigenvalue weighted by Crippen LogP contribution is -2.38. The lowest BCUT2D eigenvalue weighted by molar-refractivity contribution is 0.0940. The van der Waals surface area contributed by atoms with Crippen LogP contribution in [0.2, 0.25) is 0 Å². The Kier molecular flexibility index (Phi) is 9.02. The van der Waals surface area contributed by atoms with Crippen molar-refractivity contribution in [1.82, 2.24) is 10.3 Å². The molecule has 1 atom stereocenters. The van der Waals surface area contributed by atoms with Crippen molar-refractivity contribution in [1.29, 1.82) is 0 Å². The maximum Gasteiger partial charge on any atom is 0.253 e. The maximum absolute atomic E-state index is 11.7. The predicted octanol–water partition coefficient (Wildman–Crippen LogP) is 1.62. The molecule has 0 aromatic carbocycles. The molecule has 1 rings (SSSR count). The van der Waals surface area contributed by atoms with Crippen molar-refractivity contribution in [2.45, 2.75) is 26.8 Å². The number of hydrogen-bond donors (Lipinski definition) is 2. The molecule has 0 aliphatic rings. The summed E-state index contributed by atoms with van der Waals surface area (Å²) in [6.07, 6.45) is 0. The molecule has 0 bridgehead atoms. The van der Waals surface area contributed by atoms with E-state index in [4.69, 9.17) is 5.73 Å². The molecule has 17 heavy (non-hydrogen) atoms. The zero-order chi connectivity index (χ0) is 11.4. The molecular formula is C11H19Cl2N3O. The zero-order valence-electron chi connectivity index (χ0n) is 10.2. The number of carbonyl (C=O) groups excluding carboxylic acids is 1. The number of nitrogens with two attached hydrogens (primary N) is 1. The molecule has 0 spiro atoms. The van der Waals surface area contributed by atoms with Crippen LogP contribution in [-0.4, -0.2) is 23.5 Å². The van der Waals surface area contributed by atoms with Crippen molar-refractivity contribution in [3.8, 4) is 0 Å². The summed E-state index contributed by atoms with van der Waals surface area (Å²) in [6, 6.07) is 3.60. The number of aromatic nitrogens is 1. The van der Waals surface area contributed by atoms with Gasteiger partial charge in [0.25, 0.3) is 5.91 Å². The van der Waals surface area contributed by atoms with E-state index in [1.807, 2.05) is 26.8 Å². The summed E-state index contributed by atoms with van der Waals surface area (Å²) in [5, 5.41) is 2.80. The van der Waals surface area contributed by atoms with Gasteiger partial charge in [-0.15, -0.1) is 24.8 Å². The van der Waals surface area contributed by atoms with Gasteiger partial charge in [-0.2, -0.15) is 0 Å². The largest absolute Gasteiger partial charge is 0.348 e. The summed E-state index contributed by atoms with van der Waals surface area (Å²) in [7, 11) is 0. The van der Waals surface area contributed by atoms with Gasteiger partial charge in [-0.1, -0.05) is 0 Å². The first-order valence-electron chi connectivity index (χ1n) is 4.99. The van der Waals surface area contributed by atoms with E-state index in [9.17, 15) is 4.79 Å². The van der Waals surface area contributed by atoms with Crippen LogP contribution in [0.25, 0.3) is 0 Å². The van der Waals surface area contributed by atoms with Crippen molar-refractivity contribution in [3.05, 3.63) is 29.1 Å². The molecule has 0 aliphatic heterocycles. The normalized spacial score (nSPS) is 10.8. The molecule has 1 aromatic heterocycles. The number of carbonyl (C=O) groups is 1. The Hall–Kier alpha value is -0.840. The molecule has 6 heteroatoms. The molecule has 0 unspecified atom stereocenters. The molecule has 1 amide bonds. The molecule has 98 valence electrons. The fourth-order valence-electron chi connectivity index (χ4n) is 1.29. The van der Waals surface area contributed by atoms with E-state index in [0.29, 0.717) is 12.1 Å². The van der Waals surface area contributed by atoms with Crippen LogP contribution in [0.5, 0.6) is 0 Å². The minimum absolute atomic E-state index is 0. The van der Waals surface area contributed by atoms with E-state index in [0.717, 1.165) is 11.4 Å². The number of nitrogens with zero attached hydrogens (tertiary/aromatic N) is 1. The summed E-state index contributed by atoms with van der Waals surface area (Å²) in [4.78, 5) is 16.0. The van der Waals surface area contributed by atoms with Crippen LogP contribution in [-0.2, 0) is 0 Å². The molecule has 0 saturated heterocycles. The van der Waals surface area contributed by atoms with Gasteiger partial charge in [-0.05, 0) is 32.9 Å². The summed E-state index contributed by atoms with van der Waals surface area (Å²) in [5.74, 6) is -0.113. The summed E-state index contributed by atoms with van der Waals surface area (Å²) in [5.41, 5.74) is 7.70. The Balaban J connectivity index is 0. The SMILES string of the molecule is Cc1ccc(C(=O)N[C@@H](C)CN)c(C)n1.Cl.Cl. The number of halogens is 2. The Morgan fingerprint density at radius 3 is 2.47 bits per heavy atom. The van der Waals surface area contributed by atoms with E-state index in [2.05, 4.69) is 10.3 Å². The van der Waals surface area contributed by atoms with Gasteiger partial charge in [-0.25, -0.2) is 0 Å². The van der Waals surface area contributed by atoms with Crippen LogP contribution in [0.15, 0.2) is 12.1 Å². The first-order chi connectivity index (χ1) is 7.04. The van der Waals surface area contributed by atoms with Crippen LogP contribution in [0.3, 0.4) is 0 Å². The third kappa shape index (κ3) is 5.35. The standard InChI is InChI=1S/C11H17N3O.2ClH/c1-7-4-5-10(9(3)13-7)11(15)14-8(2)6-12;;/h4-5,8H,6,12H2,1-3H3,(H,14,15);2*1H/t8-;;/m0../s1. The molecule has 3 N–H and O–H groups in total. The lowest BCUT2D eigenvalue weighted by atomic mass is 10.1. The van der Waals surface area contributed by atoms with Gasteiger partial charge < -0.3 is 11.1 Å². The fourth-order valence-corrected chi connectivity index (χ4v) is 1.29. The first kappa shape index (κ1) is 18.5. The number of hydrogen-bond acceptors (Lipinski definition) is 3. The van der Waals surface area contributed by atoms with Gasteiger partial charge in [-0.3, -0.25) is 9.78 Å². The van der Waals surface area contributed by atoms with Crippen molar-refractivity contribution in [2.24, 2.45) is 5.73 Å². The molecular weight excluding hydrogens is 261 g/mol. The van der Waals surface area contributed by atoms with Gasteiger partial charge in [0.1, 0.15) is 0 Å². The monoisotopic (exact) mass is 279 g/mol. The topological polar surface area (TPSA) is 68.0 Å². The number of pyridine rings is 1. The van der Waals surface area contributed by atoms with Crippen LogP contribution in [0.4, 0.5) is 0 Å². The number of rotatable bonds is 3. The van der Waals surface area contributed by atoms with E-state index >= 15 is 0 Å². The lowest BCUT2D eigenvalue weighted by Gasteiger charge is -2.12. The van der Waals surface area contributed by atoms with Crippen molar-refractivity contribution in [3.63, 3.8) is 0 Å². The highest BCUT2D eigenvalue weighted by Gasteiger charge is 2.11. The second-order valence-electron chi connectivity index (χ2n) is 3.70. The first-order valence-corrected chi connectivity index (χ1v) is 4.99. The van der Waals surface area contributed by atoms with Crippen molar-refractivity contribution in [2.75, 3.05) is 6.54 Å². The Bertz CT molecular complexity index is 372. The Morgan fingerprint density at radius 1 is 1.41 bits per heavy atom. The third-order valence-electron chi connectivity index (χ3n) is 2.20. The second-order valence-corrected chi connectivity index (χ2v) is 3.70. The van der Waals surface area contributed by atoms with Gasteiger partial charge in [0, 0.05) is 18.3 Å². The highest BCUT2D eigenvalue weighted by Crippen LogP contribution is 2.06. The Labute approximate surface area is 114 Å². The van der Waals surface area contributed by atoms with Crippen LogP contribution >= 0.6 is 24.8 Å². The smallest absolute Gasteiger partial charge is 0.253 e. The van der Waals surface area contributed by atoms with E-state index in [1.165, 1.54) is 0 Å². The molecule has 0 saturated carbocycles. The summed E-state index contributed by atoms with van der Waals surface area (Å²) in [6.45, 7) is 6.03. The molecule has 0 radical (unpaired) electrons. The Morgan fingerprint density at radius 2 is 2.00 bits per heavy atom. The minimum atomic E-state index is -0.113. The number of nitrogens with one attached hydrogen (secondary N) is 1. The molecule has 4 nitrogen and oxygen atoms in total. The van der Waals surface area contributed by atoms with Crippen molar-refractivity contribution < 1.29 is 4.79 Å². The summed E-state index contributed by atoms with van der Waals surface area (Å²) >= 11 is 0. The third-order valence-corrected chi connectivity index (χ3v) is 2.20. The van der Waals surface area contributed by atoms with Crippen LogP contribution in [0, 0.1) is 13.8 Å². The fraction of sp³-hybridized carbons (Fsp3) is 0.455. The molecule has 1 heterocycles. The van der Waals surface area contributed by atoms with Crippen molar-refractivity contribution >= 4 is 30.7 Å². The average Bonchev–Trinajstić information content (AvgIpc) is 2.17. The minimum Gasteiger partial charge on any atom is -0.348 e. The number of amides is 1. The van der Waals surface area contributed by atoms with Gasteiger partial charge in [0.05, 0.1) is 11.3 Å². The zero-order valence-corrected chi connectivity index (χ0v) is 11.8. The molecule has 0 fully saturated rings. The summed E-state index contributed by atoms with van der Waals surface area (Å²) < 4.78 is 0. The quantitative estimate of drug-likeness (QED) is 0.884. The van der Waals surface area contributed by atoms with Crippen LogP contribution in [0.1, 0.15) is 28.7 Å². The van der Waals surface area contributed by atoms with Gasteiger partial charge >= 0.3 is 0 Å². The molecule has 0 aliphatic carbocycles. The van der Waals surface area contributed by atoms with Crippen LogP contribution < -0.4 is 11.1 Å². The van der Waals surface area contributed by atoms with E-state index < -0.39 is 0 Å². The highest BCUT2D eigenvalue weighted by molar-refractivity contribution is 5.95. The van der Waals surface area contributed by atoms with Gasteiger partial charge in [0.15, 0.2) is 0 Å².